The summed E-state index contributed by atoms with van der Waals surface area (Å²) in [6, 6.07) is 6.95. The lowest BCUT2D eigenvalue weighted by atomic mass is 10.3. The molecule has 1 N–H and O–H groups in total. The standard InChI is InChI=1S/C16H16FN3O3S2/c1-11-6-8-24-15(11)10-20-16(5-7-18-20)19-25(21,22)12-3-4-13(17)14(9-12)23-2/h3-9,19H,10H2,1-2H3. The molecule has 1 aromatic carbocycles. The second-order valence-corrected chi connectivity index (χ2v) is 7.99. The Bertz CT molecular complexity index is 996. The number of anilines is 1. The number of rotatable bonds is 6. The van der Waals surface area contributed by atoms with E-state index in [1.807, 2.05) is 18.4 Å². The van der Waals surface area contributed by atoms with Crippen molar-refractivity contribution >= 4 is 27.2 Å². The number of benzene rings is 1. The number of nitrogens with zero attached hydrogens (tertiary/aromatic N) is 2. The number of methoxy groups -OCH3 is 1. The molecule has 0 fully saturated rings. The van der Waals surface area contributed by atoms with Crippen molar-refractivity contribution < 1.29 is 17.5 Å². The minimum Gasteiger partial charge on any atom is -0.494 e. The van der Waals surface area contributed by atoms with Crippen molar-refractivity contribution in [1.29, 1.82) is 0 Å². The van der Waals surface area contributed by atoms with Gasteiger partial charge in [0.25, 0.3) is 10.0 Å². The third kappa shape index (κ3) is 3.67. The lowest BCUT2D eigenvalue weighted by Gasteiger charge is -2.11. The van der Waals surface area contributed by atoms with Gasteiger partial charge in [-0.3, -0.25) is 4.72 Å². The first-order chi connectivity index (χ1) is 11.9. The summed E-state index contributed by atoms with van der Waals surface area (Å²) in [6.07, 6.45) is 1.52. The molecule has 2 heterocycles. The second-order valence-electron chi connectivity index (χ2n) is 5.30. The van der Waals surface area contributed by atoms with Crippen LogP contribution in [0.5, 0.6) is 5.75 Å². The number of aryl methyl sites for hydroxylation is 1. The molecule has 6 nitrogen and oxygen atoms in total. The van der Waals surface area contributed by atoms with E-state index in [2.05, 4.69) is 9.82 Å². The van der Waals surface area contributed by atoms with Crippen LogP contribution in [-0.4, -0.2) is 25.3 Å². The van der Waals surface area contributed by atoms with Gasteiger partial charge in [-0.15, -0.1) is 11.3 Å². The van der Waals surface area contributed by atoms with Gasteiger partial charge in [-0.2, -0.15) is 5.10 Å². The lowest BCUT2D eigenvalue weighted by Crippen LogP contribution is -2.17. The zero-order valence-electron chi connectivity index (χ0n) is 13.6. The van der Waals surface area contributed by atoms with Crippen molar-refractivity contribution in [3.05, 3.63) is 58.2 Å². The molecule has 0 amide bonds. The fourth-order valence-corrected chi connectivity index (χ4v) is 4.21. The van der Waals surface area contributed by atoms with Gasteiger partial charge in [0.1, 0.15) is 5.82 Å². The molecule has 0 unspecified atom stereocenters. The lowest BCUT2D eigenvalue weighted by molar-refractivity contribution is 0.385. The molecule has 3 aromatic rings. The van der Waals surface area contributed by atoms with E-state index >= 15 is 0 Å². The van der Waals surface area contributed by atoms with Crippen molar-refractivity contribution in [2.75, 3.05) is 11.8 Å². The van der Waals surface area contributed by atoms with Gasteiger partial charge in [-0.1, -0.05) is 0 Å². The predicted molar refractivity (Wildman–Crippen MR) is 94.1 cm³/mol. The van der Waals surface area contributed by atoms with Gasteiger partial charge in [0.2, 0.25) is 0 Å². The Morgan fingerprint density at radius 1 is 1.32 bits per heavy atom. The molecular weight excluding hydrogens is 365 g/mol. The molecule has 0 bridgehead atoms. The highest BCUT2D eigenvalue weighted by molar-refractivity contribution is 7.92. The molecule has 132 valence electrons. The van der Waals surface area contributed by atoms with Gasteiger partial charge in [-0.25, -0.2) is 17.5 Å². The van der Waals surface area contributed by atoms with E-state index in [0.717, 1.165) is 22.6 Å². The van der Waals surface area contributed by atoms with Crippen LogP contribution in [0.3, 0.4) is 0 Å². The summed E-state index contributed by atoms with van der Waals surface area (Å²) in [5.74, 6) is -0.429. The highest BCUT2D eigenvalue weighted by Crippen LogP contribution is 2.24. The largest absolute Gasteiger partial charge is 0.494 e. The molecule has 0 aliphatic rings. The highest BCUT2D eigenvalue weighted by atomic mass is 32.2. The van der Waals surface area contributed by atoms with Crippen molar-refractivity contribution in [2.45, 2.75) is 18.4 Å². The van der Waals surface area contributed by atoms with Crippen LogP contribution in [-0.2, 0) is 16.6 Å². The topological polar surface area (TPSA) is 73.2 Å². The van der Waals surface area contributed by atoms with Gasteiger partial charge in [-0.05, 0) is 36.1 Å². The molecule has 0 aliphatic heterocycles. The zero-order valence-corrected chi connectivity index (χ0v) is 15.2. The van der Waals surface area contributed by atoms with Gasteiger partial charge in [0, 0.05) is 17.0 Å². The molecule has 0 aliphatic carbocycles. The molecule has 3 rings (SSSR count). The highest BCUT2D eigenvalue weighted by Gasteiger charge is 2.19. The minimum absolute atomic E-state index is 0.0918. The summed E-state index contributed by atoms with van der Waals surface area (Å²) in [5.41, 5.74) is 1.12. The van der Waals surface area contributed by atoms with Crippen molar-refractivity contribution in [3.8, 4) is 5.75 Å². The maximum atomic E-state index is 13.5. The summed E-state index contributed by atoms with van der Waals surface area (Å²) in [5, 5.41) is 6.14. The first-order valence-electron chi connectivity index (χ1n) is 7.32. The molecule has 0 radical (unpaired) electrons. The molecule has 0 saturated carbocycles. The average Bonchev–Trinajstić information content (AvgIpc) is 3.17. The van der Waals surface area contributed by atoms with Crippen molar-refractivity contribution in [2.24, 2.45) is 0 Å². The van der Waals surface area contributed by atoms with E-state index in [1.165, 1.54) is 19.4 Å². The van der Waals surface area contributed by atoms with E-state index in [4.69, 9.17) is 4.74 Å². The van der Waals surface area contributed by atoms with Gasteiger partial charge < -0.3 is 4.74 Å². The Hall–Kier alpha value is -2.39. The van der Waals surface area contributed by atoms with Crippen LogP contribution < -0.4 is 9.46 Å². The van der Waals surface area contributed by atoms with E-state index in [1.54, 1.807) is 22.1 Å². The number of ether oxygens (including phenoxy) is 1. The van der Waals surface area contributed by atoms with Crippen LogP contribution in [0, 0.1) is 12.7 Å². The molecule has 0 saturated heterocycles. The maximum absolute atomic E-state index is 13.5. The number of hydrogen-bond donors (Lipinski definition) is 1. The van der Waals surface area contributed by atoms with E-state index < -0.39 is 15.8 Å². The Kier molecular flexibility index (Phi) is 4.78. The van der Waals surface area contributed by atoms with Crippen LogP contribution in [0.15, 0.2) is 46.8 Å². The first kappa shape index (κ1) is 17.4. The summed E-state index contributed by atoms with van der Waals surface area (Å²) in [7, 11) is -2.62. The van der Waals surface area contributed by atoms with Gasteiger partial charge in [0.05, 0.1) is 24.7 Å². The monoisotopic (exact) mass is 381 g/mol. The number of hydrogen-bond acceptors (Lipinski definition) is 5. The molecule has 0 atom stereocenters. The van der Waals surface area contributed by atoms with Crippen LogP contribution in [0.1, 0.15) is 10.4 Å². The molecular formula is C16H16FN3O3S2. The van der Waals surface area contributed by atoms with E-state index in [0.29, 0.717) is 12.4 Å². The van der Waals surface area contributed by atoms with Gasteiger partial charge in [0.15, 0.2) is 11.6 Å². The van der Waals surface area contributed by atoms with Crippen LogP contribution >= 0.6 is 11.3 Å². The summed E-state index contributed by atoms with van der Waals surface area (Å²) >= 11 is 1.58. The minimum atomic E-state index is -3.90. The zero-order chi connectivity index (χ0) is 18.0. The second kappa shape index (κ2) is 6.85. The Labute approximate surface area is 148 Å². The first-order valence-corrected chi connectivity index (χ1v) is 9.68. The summed E-state index contributed by atoms with van der Waals surface area (Å²) in [6.45, 7) is 2.45. The number of halogens is 1. The maximum Gasteiger partial charge on any atom is 0.263 e. The predicted octanol–water partition coefficient (Wildman–Crippen LogP) is 3.25. The van der Waals surface area contributed by atoms with Crippen LogP contribution in [0.4, 0.5) is 10.2 Å². The third-order valence-corrected chi connectivity index (χ3v) is 6.01. The van der Waals surface area contributed by atoms with Crippen LogP contribution in [0.25, 0.3) is 0 Å². The molecule has 25 heavy (non-hydrogen) atoms. The van der Waals surface area contributed by atoms with Gasteiger partial charge >= 0.3 is 0 Å². The Morgan fingerprint density at radius 2 is 2.12 bits per heavy atom. The molecule has 0 spiro atoms. The molecule has 2 aromatic heterocycles. The number of aromatic nitrogens is 2. The van der Waals surface area contributed by atoms with Crippen molar-refractivity contribution in [1.82, 2.24) is 9.78 Å². The number of sulfonamides is 1. The van der Waals surface area contributed by atoms with E-state index in [9.17, 15) is 12.8 Å². The number of nitrogens with one attached hydrogen (secondary N) is 1. The molecule has 9 heteroatoms. The summed E-state index contributed by atoms with van der Waals surface area (Å²) in [4.78, 5) is 0.999. The third-order valence-electron chi connectivity index (χ3n) is 3.65. The van der Waals surface area contributed by atoms with E-state index in [-0.39, 0.29) is 10.6 Å². The average molecular weight is 381 g/mol. The quantitative estimate of drug-likeness (QED) is 0.711. The SMILES string of the molecule is COc1cc(S(=O)(=O)Nc2ccnn2Cc2sccc2C)ccc1F. The smallest absolute Gasteiger partial charge is 0.263 e. The Balaban J connectivity index is 1.87. The fourth-order valence-electron chi connectivity index (χ4n) is 2.25. The Morgan fingerprint density at radius 3 is 2.80 bits per heavy atom. The van der Waals surface area contributed by atoms with Crippen molar-refractivity contribution in [3.63, 3.8) is 0 Å². The van der Waals surface area contributed by atoms with Crippen LogP contribution in [0.2, 0.25) is 0 Å². The fraction of sp³-hybridized carbons (Fsp3) is 0.188. The normalized spacial score (nSPS) is 11.5. The number of thiophene rings is 1. The summed E-state index contributed by atoms with van der Waals surface area (Å²) < 4.78 is 47.5.